The molecule has 1 aliphatic heterocycles. The molecule has 0 saturated carbocycles. The van der Waals surface area contributed by atoms with Crippen LogP contribution in [-0.4, -0.2) is 48.6 Å². The molecule has 1 fully saturated rings. The summed E-state index contributed by atoms with van der Waals surface area (Å²) in [7, 11) is 0. The highest BCUT2D eigenvalue weighted by atomic mass is 16.2. The van der Waals surface area contributed by atoms with Gasteiger partial charge in [0.1, 0.15) is 5.82 Å². The zero-order valence-electron chi connectivity index (χ0n) is 14.6. The first kappa shape index (κ1) is 15.8. The van der Waals surface area contributed by atoms with Gasteiger partial charge in [-0.2, -0.15) is 5.10 Å². The van der Waals surface area contributed by atoms with Gasteiger partial charge in [0.05, 0.1) is 11.6 Å². The maximum absolute atomic E-state index is 13.0. The van der Waals surface area contributed by atoms with Gasteiger partial charge in [0.25, 0.3) is 5.91 Å². The number of pyridine rings is 1. The van der Waals surface area contributed by atoms with Crippen LogP contribution in [0.4, 0.5) is 0 Å². The number of aromatic amines is 1. The molecule has 7 heteroatoms. The second kappa shape index (κ2) is 6.31. The fourth-order valence-electron chi connectivity index (χ4n) is 3.64. The van der Waals surface area contributed by atoms with Gasteiger partial charge in [-0.1, -0.05) is 6.92 Å². The first-order chi connectivity index (χ1) is 12.2. The number of H-pyrrole nitrogens is 1. The summed E-state index contributed by atoms with van der Waals surface area (Å²) in [6.07, 6.45) is 8.48. The smallest absolute Gasteiger partial charge is 0.255 e. The van der Waals surface area contributed by atoms with Gasteiger partial charge >= 0.3 is 0 Å². The number of aromatic nitrogens is 5. The van der Waals surface area contributed by atoms with E-state index in [-0.39, 0.29) is 5.91 Å². The fraction of sp³-hybridized carbons (Fsp3) is 0.444. The summed E-state index contributed by atoms with van der Waals surface area (Å²) in [5.74, 6) is 1.12. The van der Waals surface area contributed by atoms with Crippen molar-refractivity contribution in [2.75, 3.05) is 13.1 Å². The van der Waals surface area contributed by atoms with Crippen LogP contribution in [0.2, 0.25) is 0 Å². The van der Waals surface area contributed by atoms with Crippen LogP contribution >= 0.6 is 0 Å². The standard InChI is InChI=1S/C18H22N6O/c1-3-16-19-6-8-24(16)14-5-4-7-23(11-14)18(25)13-9-15-12(2)21-22-17(15)20-10-13/h6,8-10,14H,3-5,7,11H2,1-2H3,(H,20,21,22)/t14-/m0/s1. The van der Waals surface area contributed by atoms with Crippen molar-refractivity contribution in [2.24, 2.45) is 0 Å². The van der Waals surface area contributed by atoms with Gasteiger partial charge in [-0.3, -0.25) is 9.89 Å². The summed E-state index contributed by atoms with van der Waals surface area (Å²) in [6, 6.07) is 2.18. The molecule has 0 unspecified atom stereocenters. The third-order valence-corrected chi connectivity index (χ3v) is 4.99. The number of piperidine rings is 1. The number of likely N-dealkylation sites (tertiary alicyclic amines) is 1. The lowest BCUT2D eigenvalue weighted by molar-refractivity contribution is 0.0677. The van der Waals surface area contributed by atoms with Crippen molar-refractivity contribution in [3.63, 3.8) is 0 Å². The largest absolute Gasteiger partial charge is 0.337 e. The van der Waals surface area contributed by atoms with Crippen LogP contribution in [0.3, 0.4) is 0 Å². The summed E-state index contributed by atoms with van der Waals surface area (Å²) in [5.41, 5.74) is 2.20. The average Bonchev–Trinajstić information content (AvgIpc) is 3.28. The predicted octanol–water partition coefficient (Wildman–Crippen LogP) is 2.50. The van der Waals surface area contributed by atoms with Gasteiger partial charge in [0.2, 0.25) is 0 Å². The van der Waals surface area contributed by atoms with Crippen molar-refractivity contribution in [1.82, 2.24) is 29.6 Å². The molecule has 0 spiro atoms. The van der Waals surface area contributed by atoms with E-state index in [4.69, 9.17) is 0 Å². The van der Waals surface area contributed by atoms with Crippen molar-refractivity contribution in [3.05, 3.63) is 41.7 Å². The van der Waals surface area contributed by atoms with Crippen LogP contribution in [0.25, 0.3) is 11.0 Å². The van der Waals surface area contributed by atoms with E-state index < -0.39 is 0 Å². The van der Waals surface area contributed by atoms with Crippen LogP contribution in [-0.2, 0) is 6.42 Å². The monoisotopic (exact) mass is 338 g/mol. The molecule has 130 valence electrons. The zero-order chi connectivity index (χ0) is 17.4. The number of carbonyl (C=O) groups is 1. The number of hydrogen-bond donors (Lipinski definition) is 1. The fourth-order valence-corrected chi connectivity index (χ4v) is 3.64. The SMILES string of the molecule is CCc1nccn1[C@H]1CCCN(C(=O)c2cnc3n[nH]c(C)c3c2)C1. The number of amides is 1. The minimum absolute atomic E-state index is 0.0397. The molecule has 0 radical (unpaired) electrons. The third kappa shape index (κ3) is 2.79. The average molecular weight is 338 g/mol. The quantitative estimate of drug-likeness (QED) is 0.796. The topological polar surface area (TPSA) is 79.7 Å². The molecule has 0 aliphatic carbocycles. The number of fused-ring (bicyclic) bond motifs is 1. The van der Waals surface area contributed by atoms with Crippen molar-refractivity contribution < 1.29 is 4.79 Å². The van der Waals surface area contributed by atoms with Crippen LogP contribution in [0.1, 0.15) is 47.7 Å². The van der Waals surface area contributed by atoms with Crippen molar-refractivity contribution in [3.8, 4) is 0 Å². The minimum Gasteiger partial charge on any atom is -0.337 e. The maximum Gasteiger partial charge on any atom is 0.255 e. The van der Waals surface area contributed by atoms with Crippen molar-refractivity contribution in [2.45, 2.75) is 39.2 Å². The number of nitrogens with one attached hydrogen (secondary N) is 1. The number of rotatable bonds is 3. The van der Waals surface area contributed by atoms with E-state index in [0.717, 1.165) is 42.7 Å². The van der Waals surface area contributed by atoms with E-state index in [9.17, 15) is 4.79 Å². The van der Waals surface area contributed by atoms with E-state index in [0.29, 0.717) is 23.8 Å². The summed E-state index contributed by atoms with van der Waals surface area (Å²) in [4.78, 5) is 23.6. The van der Waals surface area contributed by atoms with Gasteiger partial charge in [0.15, 0.2) is 5.65 Å². The lowest BCUT2D eigenvalue weighted by Gasteiger charge is -2.34. The van der Waals surface area contributed by atoms with E-state index in [2.05, 4.69) is 31.7 Å². The molecule has 0 aromatic carbocycles. The van der Waals surface area contributed by atoms with Crippen LogP contribution in [0, 0.1) is 6.92 Å². The molecule has 25 heavy (non-hydrogen) atoms. The molecule has 1 atom stereocenters. The minimum atomic E-state index is 0.0397. The molecule has 7 nitrogen and oxygen atoms in total. The number of imidazole rings is 1. The Kier molecular flexibility index (Phi) is 3.99. The molecule has 1 aliphatic rings. The first-order valence-corrected chi connectivity index (χ1v) is 8.79. The van der Waals surface area contributed by atoms with Crippen molar-refractivity contribution in [1.29, 1.82) is 0 Å². The number of aryl methyl sites for hydroxylation is 2. The van der Waals surface area contributed by atoms with Crippen LogP contribution < -0.4 is 0 Å². The van der Waals surface area contributed by atoms with Gasteiger partial charge in [-0.05, 0) is 25.8 Å². The molecular weight excluding hydrogens is 316 g/mol. The zero-order valence-corrected chi connectivity index (χ0v) is 14.6. The molecule has 1 saturated heterocycles. The predicted molar refractivity (Wildman–Crippen MR) is 94.4 cm³/mol. The summed E-state index contributed by atoms with van der Waals surface area (Å²) >= 11 is 0. The summed E-state index contributed by atoms with van der Waals surface area (Å²) < 4.78 is 2.22. The lowest BCUT2D eigenvalue weighted by Crippen LogP contribution is -2.41. The lowest BCUT2D eigenvalue weighted by atomic mass is 10.0. The van der Waals surface area contributed by atoms with Gasteiger partial charge < -0.3 is 9.47 Å². The number of nitrogens with zero attached hydrogens (tertiary/aromatic N) is 5. The Bertz CT molecular complexity index is 911. The Morgan fingerprint density at radius 1 is 1.40 bits per heavy atom. The number of hydrogen-bond acceptors (Lipinski definition) is 4. The second-order valence-electron chi connectivity index (χ2n) is 6.60. The molecule has 0 bridgehead atoms. The van der Waals surface area contributed by atoms with Gasteiger partial charge in [-0.15, -0.1) is 0 Å². The number of carbonyl (C=O) groups excluding carboxylic acids is 1. The Hall–Kier alpha value is -2.70. The molecular formula is C18H22N6O. The van der Waals surface area contributed by atoms with E-state index in [1.54, 1.807) is 6.20 Å². The highest BCUT2D eigenvalue weighted by molar-refractivity contribution is 5.97. The van der Waals surface area contributed by atoms with Gasteiger partial charge in [0, 0.05) is 49.2 Å². The Balaban J connectivity index is 1.57. The van der Waals surface area contributed by atoms with Gasteiger partial charge in [-0.25, -0.2) is 9.97 Å². The second-order valence-corrected chi connectivity index (χ2v) is 6.60. The van der Waals surface area contributed by atoms with E-state index in [1.165, 1.54) is 0 Å². The highest BCUT2D eigenvalue weighted by Gasteiger charge is 2.26. The Morgan fingerprint density at radius 3 is 3.12 bits per heavy atom. The van der Waals surface area contributed by atoms with E-state index >= 15 is 0 Å². The molecule has 1 amide bonds. The molecule has 1 N–H and O–H groups in total. The molecule has 3 aromatic heterocycles. The van der Waals surface area contributed by atoms with Crippen LogP contribution in [0.15, 0.2) is 24.7 Å². The maximum atomic E-state index is 13.0. The highest BCUT2D eigenvalue weighted by Crippen LogP contribution is 2.25. The molecule has 4 rings (SSSR count). The Labute approximate surface area is 146 Å². The summed E-state index contributed by atoms with van der Waals surface area (Å²) in [6.45, 7) is 5.55. The first-order valence-electron chi connectivity index (χ1n) is 8.79. The summed E-state index contributed by atoms with van der Waals surface area (Å²) in [5, 5.41) is 7.94. The Morgan fingerprint density at radius 2 is 2.28 bits per heavy atom. The van der Waals surface area contributed by atoms with Crippen molar-refractivity contribution >= 4 is 16.9 Å². The van der Waals surface area contributed by atoms with Crippen LogP contribution in [0.5, 0.6) is 0 Å². The normalized spacial score (nSPS) is 18.0. The van der Waals surface area contributed by atoms with E-state index in [1.807, 2.05) is 30.3 Å². The molecule has 3 aromatic rings. The third-order valence-electron chi connectivity index (χ3n) is 4.99. The molecule has 4 heterocycles.